The van der Waals surface area contributed by atoms with Gasteiger partial charge in [-0.3, -0.25) is 0 Å². The van der Waals surface area contributed by atoms with Crippen LogP contribution < -0.4 is 5.73 Å². The molecule has 1 aliphatic heterocycles. The fourth-order valence-electron chi connectivity index (χ4n) is 4.11. The van der Waals surface area contributed by atoms with Gasteiger partial charge in [0.05, 0.1) is 6.10 Å². The topological polar surface area (TPSA) is 38.5 Å². The highest BCUT2D eigenvalue weighted by Gasteiger charge is 2.35. The van der Waals surface area contributed by atoms with Crippen molar-refractivity contribution in [3.8, 4) is 0 Å². The molecule has 0 aromatic heterocycles. The summed E-state index contributed by atoms with van der Waals surface area (Å²) in [7, 11) is 0. The van der Waals surface area contributed by atoms with Gasteiger partial charge in [0.25, 0.3) is 0 Å². The molecule has 1 aliphatic carbocycles. The highest BCUT2D eigenvalue weighted by atomic mass is 16.5. The van der Waals surface area contributed by atoms with E-state index in [1.54, 1.807) is 0 Å². The van der Waals surface area contributed by atoms with E-state index in [1.807, 2.05) is 0 Å². The molecule has 0 radical (unpaired) electrons. The first kappa shape index (κ1) is 17.2. The molecule has 0 aromatic carbocycles. The number of nitrogens with zero attached hydrogens (tertiary/aromatic N) is 1. The fraction of sp³-hybridized carbons (Fsp3) is 1.00. The van der Waals surface area contributed by atoms with Crippen LogP contribution in [0.3, 0.4) is 0 Å². The maximum Gasteiger partial charge on any atom is 0.0599 e. The van der Waals surface area contributed by atoms with Gasteiger partial charge in [0.2, 0.25) is 0 Å². The van der Waals surface area contributed by atoms with Gasteiger partial charge in [-0.2, -0.15) is 0 Å². The van der Waals surface area contributed by atoms with Crippen molar-refractivity contribution < 1.29 is 4.74 Å². The lowest BCUT2D eigenvalue weighted by Gasteiger charge is -2.43. The predicted octanol–water partition coefficient (Wildman–Crippen LogP) is 3.28. The molecule has 2 rings (SSSR count). The molecule has 0 spiro atoms. The van der Waals surface area contributed by atoms with Crippen LogP contribution in [-0.4, -0.2) is 43.3 Å². The summed E-state index contributed by atoms with van der Waals surface area (Å²) in [4.78, 5) is 2.63. The standard InChI is InChI=1S/C18H36N2O/c1-5-21-16-8-10-20(11-9-16)13-14-12-15(18(2,3)4)6-7-17(14)19/h14-17H,5-13,19H2,1-4H3. The molecule has 1 heterocycles. The van der Waals surface area contributed by atoms with Crippen molar-refractivity contribution in [1.29, 1.82) is 0 Å². The number of hydrogen-bond donors (Lipinski definition) is 1. The van der Waals surface area contributed by atoms with Crippen molar-refractivity contribution in [2.75, 3.05) is 26.2 Å². The van der Waals surface area contributed by atoms with Crippen molar-refractivity contribution in [2.24, 2.45) is 23.0 Å². The van der Waals surface area contributed by atoms with E-state index in [4.69, 9.17) is 10.5 Å². The van der Waals surface area contributed by atoms with E-state index in [-0.39, 0.29) is 0 Å². The average molecular weight is 296 g/mol. The summed E-state index contributed by atoms with van der Waals surface area (Å²) in [6.45, 7) is 13.7. The van der Waals surface area contributed by atoms with Gasteiger partial charge in [0.1, 0.15) is 0 Å². The molecule has 21 heavy (non-hydrogen) atoms. The van der Waals surface area contributed by atoms with E-state index in [0.717, 1.165) is 12.5 Å². The number of nitrogens with two attached hydrogens (primary N) is 1. The molecule has 0 bridgehead atoms. The monoisotopic (exact) mass is 296 g/mol. The second-order valence-electron chi connectivity index (χ2n) is 8.26. The summed E-state index contributed by atoms with van der Waals surface area (Å²) >= 11 is 0. The Labute approximate surface area is 131 Å². The minimum atomic E-state index is 0.410. The zero-order valence-corrected chi connectivity index (χ0v) is 14.6. The van der Waals surface area contributed by atoms with E-state index < -0.39 is 0 Å². The summed E-state index contributed by atoms with van der Waals surface area (Å²) in [5.41, 5.74) is 6.86. The minimum absolute atomic E-state index is 0.410. The van der Waals surface area contributed by atoms with Crippen molar-refractivity contribution >= 4 is 0 Å². The Morgan fingerprint density at radius 2 is 1.76 bits per heavy atom. The molecule has 1 saturated carbocycles. The fourth-order valence-corrected chi connectivity index (χ4v) is 4.11. The van der Waals surface area contributed by atoms with Crippen molar-refractivity contribution in [2.45, 2.75) is 71.9 Å². The van der Waals surface area contributed by atoms with Gasteiger partial charge < -0.3 is 15.4 Å². The molecule has 3 heteroatoms. The first-order valence-corrected chi connectivity index (χ1v) is 8.99. The van der Waals surface area contributed by atoms with Gasteiger partial charge >= 0.3 is 0 Å². The van der Waals surface area contributed by atoms with Gasteiger partial charge in [-0.1, -0.05) is 20.8 Å². The quantitative estimate of drug-likeness (QED) is 0.865. The van der Waals surface area contributed by atoms with Crippen molar-refractivity contribution in [3.63, 3.8) is 0 Å². The maximum absolute atomic E-state index is 6.43. The molecular formula is C18H36N2O. The number of hydrogen-bond acceptors (Lipinski definition) is 3. The SMILES string of the molecule is CCOC1CCN(CC2CC(C(C)(C)C)CCC2N)CC1. The lowest BCUT2D eigenvalue weighted by Crippen LogP contribution is -2.47. The van der Waals surface area contributed by atoms with Gasteiger partial charge in [-0.05, 0) is 56.3 Å². The molecule has 3 unspecified atom stereocenters. The molecular weight excluding hydrogens is 260 g/mol. The Morgan fingerprint density at radius 1 is 1.10 bits per heavy atom. The molecule has 0 aromatic rings. The number of piperidine rings is 1. The Morgan fingerprint density at radius 3 is 2.33 bits per heavy atom. The first-order valence-electron chi connectivity index (χ1n) is 8.99. The lowest BCUT2D eigenvalue weighted by atomic mass is 9.67. The van der Waals surface area contributed by atoms with Gasteiger partial charge in [0.15, 0.2) is 0 Å². The average Bonchev–Trinajstić information content (AvgIpc) is 2.42. The molecule has 2 N–H and O–H groups in total. The van der Waals surface area contributed by atoms with Crippen molar-refractivity contribution in [1.82, 2.24) is 4.90 Å². The molecule has 124 valence electrons. The van der Waals surface area contributed by atoms with E-state index in [0.29, 0.717) is 23.5 Å². The largest absolute Gasteiger partial charge is 0.378 e. The zero-order chi connectivity index (χ0) is 15.5. The van der Waals surface area contributed by atoms with Crippen LogP contribution >= 0.6 is 0 Å². The predicted molar refractivity (Wildman–Crippen MR) is 89.3 cm³/mol. The summed E-state index contributed by atoms with van der Waals surface area (Å²) in [5.74, 6) is 1.52. The van der Waals surface area contributed by atoms with Crippen molar-refractivity contribution in [3.05, 3.63) is 0 Å². The normalized spacial score (nSPS) is 33.3. The zero-order valence-electron chi connectivity index (χ0n) is 14.6. The molecule has 0 amide bonds. The molecule has 2 aliphatic rings. The molecule has 1 saturated heterocycles. The van der Waals surface area contributed by atoms with Gasteiger partial charge in [-0.25, -0.2) is 0 Å². The van der Waals surface area contributed by atoms with E-state index in [2.05, 4.69) is 32.6 Å². The van der Waals surface area contributed by atoms with Crippen LogP contribution in [0.2, 0.25) is 0 Å². The Hall–Kier alpha value is -0.120. The third kappa shape index (κ3) is 4.94. The number of rotatable bonds is 4. The Balaban J connectivity index is 1.81. The van der Waals surface area contributed by atoms with E-state index in [1.165, 1.54) is 51.7 Å². The first-order chi connectivity index (χ1) is 9.90. The maximum atomic E-state index is 6.43. The Bertz CT molecular complexity index is 305. The van der Waals surface area contributed by atoms with Crippen LogP contribution in [0.5, 0.6) is 0 Å². The van der Waals surface area contributed by atoms with Crippen LogP contribution in [-0.2, 0) is 4.74 Å². The molecule has 3 nitrogen and oxygen atoms in total. The van der Waals surface area contributed by atoms with Crippen LogP contribution in [0.15, 0.2) is 0 Å². The Kier molecular flexibility index (Phi) is 6.10. The number of likely N-dealkylation sites (tertiary alicyclic amines) is 1. The molecule has 3 atom stereocenters. The third-order valence-corrected chi connectivity index (χ3v) is 5.70. The van der Waals surface area contributed by atoms with Crippen LogP contribution in [0, 0.1) is 17.3 Å². The second kappa shape index (κ2) is 7.43. The highest BCUT2D eigenvalue weighted by molar-refractivity contribution is 4.89. The van der Waals surface area contributed by atoms with Gasteiger partial charge in [-0.15, -0.1) is 0 Å². The summed E-state index contributed by atoms with van der Waals surface area (Å²) < 4.78 is 5.75. The second-order valence-corrected chi connectivity index (χ2v) is 8.26. The lowest BCUT2D eigenvalue weighted by molar-refractivity contribution is 0.00564. The minimum Gasteiger partial charge on any atom is -0.378 e. The van der Waals surface area contributed by atoms with E-state index >= 15 is 0 Å². The highest BCUT2D eigenvalue weighted by Crippen LogP contribution is 2.40. The summed E-state index contributed by atoms with van der Waals surface area (Å²) in [6.07, 6.45) is 6.72. The van der Waals surface area contributed by atoms with Crippen LogP contribution in [0.1, 0.15) is 59.8 Å². The third-order valence-electron chi connectivity index (χ3n) is 5.70. The smallest absolute Gasteiger partial charge is 0.0599 e. The van der Waals surface area contributed by atoms with Crippen LogP contribution in [0.25, 0.3) is 0 Å². The van der Waals surface area contributed by atoms with E-state index in [9.17, 15) is 0 Å². The number of ether oxygens (including phenoxy) is 1. The summed E-state index contributed by atoms with van der Waals surface area (Å²) in [5, 5.41) is 0. The molecule has 2 fully saturated rings. The summed E-state index contributed by atoms with van der Waals surface area (Å²) in [6, 6.07) is 0.410. The van der Waals surface area contributed by atoms with Crippen LogP contribution in [0.4, 0.5) is 0 Å². The van der Waals surface area contributed by atoms with Gasteiger partial charge in [0, 0.05) is 32.3 Å².